The highest BCUT2D eigenvalue weighted by molar-refractivity contribution is 5.52. The molecule has 0 spiro atoms. The quantitative estimate of drug-likeness (QED) is 0.695. The van der Waals surface area contributed by atoms with Crippen molar-refractivity contribution in [1.29, 1.82) is 0 Å². The third-order valence-corrected chi connectivity index (χ3v) is 4.84. The Hall–Kier alpha value is -2.64. The molecule has 0 radical (unpaired) electrons. The Bertz CT molecular complexity index is 898. The van der Waals surface area contributed by atoms with Crippen molar-refractivity contribution < 1.29 is 4.74 Å². The second-order valence-electron chi connectivity index (χ2n) is 7.96. The molecule has 0 saturated carbocycles. The minimum Gasteiger partial charge on any atom is -0.379 e. The minimum absolute atomic E-state index is 0.0326. The molecule has 1 aliphatic rings. The fourth-order valence-corrected chi connectivity index (χ4v) is 3.51. The van der Waals surface area contributed by atoms with Crippen LogP contribution in [0.15, 0.2) is 49.1 Å². The maximum atomic E-state index is 5.59. The maximum Gasteiger partial charge on any atom is 0.183 e. The van der Waals surface area contributed by atoms with Crippen molar-refractivity contribution in [3.63, 3.8) is 0 Å². The molecule has 0 N–H and O–H groups in total. The van der Waals surface area contributed by atoms with Gasteiger partial charge in [0.25, 0.3) is 0 Å². The first kappa shape index (κ1) is 18.7. The van der Waals surface area contributed by atoms with Crippen LogP contribution in [-0.2, 0) is 10.3 Å². The zero-order chi connectivity index (χ0) is 19.6. The van der Waals surface area contributed by atoms with Crippen LogP contribution in [0.4, 0.5) is 0 Å². The molecule has 4 heterocycles. The van der Waals surface area contributed by atoms with Gasteiger partial charge >= 0.3 is 0 Å². The Balaban J connectivity index is 1.86. The number of hydrogen-bond donors (Lipinski definition) is 0. The maximum absolute atomic E-state index is 5.59. The van der Waals surface area contributed by atoms with Crippen molar-refractivity contribution in [2.45, 2.75) is 32.4 Å². The average Bonchev–Trinajstić information content (AvgIpc) is 3.16. The lowest BCUT2D eigenvalue weighted by Gasteiger charge is -2.35. The Morgan fingerprint density at radius 3 is 2.32 bits per heavy atom. The van der Waals surface area contributed by atoms with Crippen molar-refractivity contribution in [3.8, 4) is 11.4 Å². The van der Waals surface area contributed by atoms with Gasteiger partial charge in [0.1, 0.15) is 5.82 Å². The van der Waals surface area contributed by atoms with Gasteiger partial charge in [-0.25, -0.2) is 9.67 Å². The van der Waals surface area contributed by atoms with Gasteiger partial charge in [-0.3, -0.25) is 14.9 Å². The summed E-state index contributed by atoms with van der Waals surface area (Å²) in [6.45, 7) is 9.58. The van der Waals surface area contributed by atoms with E-state index >= 15 is 0 Å². The highest BCUT2D eigenvalue weighted by Gasteiger charge is 2.33. The summed E-state index contributed by atoms with van der Waals surface area (Å²) >= 11 is 0. The van der Waals surface area contributed by atoms with E-state index in [2.05, 4.69) is 41.7 Å². The molecule has 1 atom stereocenters. The molecule has 0 aromatic carbocycles. The standard InChI is InChI=1S/C21H26N6O/c1-21(2,3)27-20(24-19(25-27)17-7-5-9-23-15-17)18(16-6-4-8-22-14-16)26-10-12-28-13-11-26/h4-9,14-15,18H,10-13H2,1-3H3/t18-/m1/s1. The third-order valence-electron chi connectivity index (χ3n) is 4.84. The largest absolute Gasteiger partial charge is 0.379 e. The lowest BCUT2D eigenvalue weighted by atomic mass is 10.0. The summed E-state index contributed by atoms with van der Waals surface area (Å²) in [5.74, 6) is 1.61. The van der Waals surface area contributed by atoms with Crippen LogP contribution in [0.25, 0.3) is 11.4 Å². The van der Waals surface area contributed by atoms with E-state index in [1.54, 1.807) is 18.6 Å². The van der Waals surface area contributed by atoms with E-state index in [9.17, 15) is 0 Å². The Kier molecular flexibility index (Phi) is 5.19. The van der Waals surface area contributed by atoms with E-state index in [0.29, 0.717) is 5.82 Å². The van der Waals surface area contributed by atoms with Crippen LogP contribution in [0.3, 0.4) is 0 Å². The van der Waals surface area contributed by atoms with Crippen molar-refractivity contribution in [3.05, 3.63) is 60.4 Å². The molecule has 0 amide bonds. The molecule has 4 rings (SSSR count). The molecule has 7 nitrogen and oxygen atoms in total. The Morgan fingerprint density at radius 1 is 1.00 bits per heavy atom. The van der Waals surface area contributed by atoms with E-state index < -0.39 is 0 Å². The van der Waals surface area contributed by atoms with Gasteiger partial charge in [-0.2, -0.15) is 5.10 Å². The smallest absolute Gasteiger partial charge is 0.183 e. The van der Waals surface area contributed by atoms with Gasteiger partial charge in [0, 0.05) is 43.4 Å². The van der Waals surface area contributed by atoms with Crippen molar-refractivity contribution in [2.24, 2.45) is 0 Å². The van der Waals surface area contributed by atoms with E-state index in [4.69, 9.17) is 14.8 Å². The molecular weight excluding hydrogens is 352 g/mol. The van der Waals surface area contributed by atoms with Gasteiger partial charge in [-0.05, 0) is 44.5 Å². The number of rotatable bonds is 4. The lowest BCUT2D eigenvalue weighted by Crippen LogP contribution is -2.41. The SMILES string of the molecule is CC(C)(C)n1nc(-c2cccnc2)nc1[C@@H](c1cccnc1)N1CCOCC1. The molecule has 1 saturated heterocycles. The number of hydrogen-bond acceptors (Lipinski definition) is 6. The molecule has 0 aliphatic carbocycles. The summed E-state index contributed by atoms with van der Waals surface area (Å²) < 4.78 is 7.63. The van der Waals surface area contributed by atoms with Crippen LogP contribution in [0, 0.1) is 0 Å². The average molecular weight is 378 g/mol. The Labute approximate surface area is 165 Å². The van der Waals surface area contributed by atoms with Gasteiger partial charge < -0.3 is 4.74 Å². The number of morpholine rings is 1. The highest BCUT2D eigenvalue weighted by atomic mass is 16.5. The number of ether oxygens (including phenoxy) is 1. The number of nitrogens with zero attached hydrogens (tertiary/aromatic N) is 6. The summed E-state index contributed by atoms with van der Waals surface area (Å²) in [6, 6.07) is 7.95. The summed E-state index contributed by atoms with van der Waals surface area (Å²) in [6.07, 6.45) is 7.29. The zero-order valence-corrected chi connectivity index (χ0v) is 16.6. The predicted octanol–water partition coefficient (Wildman–Crippen LogP) is 2.91. The summed E-state index contributed by atoms with van der Waals surface area (Å²) in [4.78, 5) is 16.0. The first-order chi connectivity index (χ1) is 13.5. The van der Waals surface area contributed by atoms with Crippen molar-refractivity contribution in [1.82, 2.24) is 29.6 Å². The summed E-state index contributed by atoms with van der Waals surface area (Å²) in [5.41, 5.74) is 1.81. The normalized spacial score (nSPS) is 16.8. The van der Waals surface area contributed by atoms with Crippen molar-refractivity contribution >= 4 is 0 Å². The van der Waals surface area contributed by atoms with Crippen molar-refractivity contribution in [2.75, 3.05) is 26.3 Å². The first-order valence-corrected chi connectivity index (χ1v) is 9.63. The molecular formula is C21H26N6O. The van der Waals surface area contributed by atoms with Gasteiger partial charge in [0.15, 0.2) is 5.82 Å². The first-order valence-electron chi connectivity index (χ1n) is 9.63. The van der Waals surface area contributed by atoms with Crippen LogP contribution in [0.5, 0.6) is 0 Å². The molecule has 0 bridgehead atoms. The lowest BCUT2D eigenvalue weighted by molar-refractivity contribution is 0.0208. The molecule has 7 heteroatoms. The predicted molar refractivity (Wildman–Crippen MR) is 107 cm³/mol. The van der Waals surface area contributed by atoms with E-state index in [1.165, 1.54) is 0 Å². The second-order valence-corrected chi connectivity index (χ2v) is 7.96. The number of aromatic nitrogens is 5. The topological polar surface area (TPSA) is 69.0 Å². The van der Waals surface area contributed by atoms with Gasteiger partial charge in [-0.15, -0.1) is 0 Å². The molecule has 28 heavy (non-hydrogen) atoms. The Morgan fingerprint density at radius 2 is 1.71 bits per heavy atom. The second kappa shape index (κ2) is 7.77. The summed E-state index contributed by atoms with van der Waals surface area (Å²) in [5, 5.41) is 4.88. The van der Waals surface area contributed by atoms with E-state index in [1.807, 2.05) is 29.1 Å². The molecule has 0 unspecified atom stereocenters. The highest BCUT2D eigenvalue weighted by Crippen LogP contribution is 2.32. The van der Waals surface area contributed by atoms with Gasteiger partial charge in [-0.1, -0.05) is 6.07 Å². The van der Waals surface area contributed by atoms with Crippen LogP contribution in [0.1, 0.15) is 38.2 Å². The molecule has 3 aromatic rings. The molecule has 1 aliphatic heterocycles. The van der Waals surface area contributed by atoms with Gasteiger partial charge in [0.2, 0.25) is 0 Å². The van der Waals surface area contributed by atoms with Crippen LogP contribution >= 0.6 is 0 Å². The van der Waals surface area contributed by atoms with Crippen LogP contribution in [-0.4, -0.2) is 55.9 Å². The van der Waals surface area contributed by atoms with Crippen LogP contribution in [0.2, 0.25) is 0 Å². The summed E-state index contributed by atoms with van der Waals surface area (Å²) in [7, 11) is 0. The van der Waals surface area contributed by atoms with E-state index in [0.717, 1.165) is 43.3 Å². The van der Waals surface area contributed by atoms with Crippen LogP contribution < -0.4 is 0 Å². The molecule has 3 aromatic heterocycles. The number of pyridine rings is 2. The van der Waals surface area contributed by atoms with Gasteiger partial charge in [0.05, 0.1) is 24.8 Å². The van der Waals surface area contributed by atoms with E-state index in [-0.39, 0.29) is 11.6 Å². The minimum atomic E-state index is -0.213. The fraction of sp³-hybridized carbons (Fsp3) is 0.429. The fourth-order valence-electron chi connectivity index (χ4n) is 3.51. The molecule has 1 fully saturated rings. The molecule has 146 valence electrons. The third kappa shape index (κ3) is 3.81. The zero-order valence-electron chi connectivity index (χ0n) is 16.6. The monoisotopic (exact) mass is 378 g/mol.